The molecule has 4 aromatic rings. The van der Waals surface area contributed by atoms with Crippen molar-refractivity contribution < 1.29 is 13.9 Å². The van der Waals surface area contributed by atoms with Gasteiger partial charge >= 0.3 is 0 Å². The highest BCUT2D eigenvalue weighted by molar-refractivity contribution is 5.98. The number of Topliss-reactive ketones (excluding diaryl/α,β-unsaturated/α-hetero) is 1. The molecule has 5 rings (SSSR count). The number of rotatable bonds is 8. The van der Waals surface area contributed by atoms with E-state index in [1.807, 2.05) is 30.3 Å². The maximum atomic E-state index is 14.2. The Morgan fingerprint density at radius 2 is 1.79 bits per heavy atom. The van der Waals surface area contributed by atoms with Crippen LogP contribution in [0.4, 0.5) is 22.1 Å². The van der Waals surface area contributed by atoms with Gasteiger partial charge < -0.3 is 19.9 Å². The third-order valence-corrected chi connectivity index (χ3v) is 6.34. The van der Waals surface area contributed by atoms with Crippen molar-refractivity contribution in [3.63, 3.8) is 0 Å². The fourth-order valence-electron chi connectivity index (χ4n) is 4.21. The lowest BCUT2D eigenvalue weighted by Gasteiger charge is -2.32. The van der Waals surface area contributed by atoms with Gasteiger partial charge in [-0.3, -0.25) is 4.79 Å². The van der Waals surface area contributed by atoms with Gasteiger partial charge in [-0.2, -0.15) is 15.0 Å². The molecule has 0 spiro atoms. The van der Waals surface area contributed by atoms with Crippen LogP contribution in [0.15, 0.2) is 66.9 Å². The van der Waals surface area contributed by atoms with E-state index < -0.39 is 5.82 Å². The highest BCUT2D eigenvalue weighted by Crippen LogP contribution is 2.30. The average molecular weight is 514 g/mol. The lowest BCUT2D eigenvalue weighted by molar-refractivity contribution is 0.0993. The number of aromatic nitrogens is 4. The van der Waals surface area contributed by atoms with Gasteiger partial charge in [0.25, 0.3) is 0 Å². The van der Waals surface area contributed by atoms with E-state index in [9.17, 15) is 9.18 Å². The highest BCUT2D eigenvalue weighted by atomic mass is 19.1. The standard InChI is InChI=1S/C28H28FN7O2/c1-35-12-14-36(15-13-35)28-33-26(22-18-21(29)8-9-24(22)38-2)32-27(34-28)31-25-17-20(10-11-30-25)23(37)16-19-6-4-3-5-7-19/h3-11,17-18H,12-16H2,1-2H3,(H,30,31,32,33,34). The quantitative estimate of drug-likeness (QED) is 0.351. The smallest absolute Gasteiger partial charge is 0.233 e. The Hall–Kier alpha value is -4.44. The van der Waals surface area contributed by atoms with Crippen LogP contribution >= 0.6 is 0 Å². The topological polar surface area (TPSA) is 96.4 Å². The summed E-state index contributed by atoms with van der Waals surface area (Å²) in [4.78, 5) is 35.4. The van der Waals surface area contributed by atoms with E-state index in [0.717, 1.165) is 31.7 Å². The summed E-state index contributed by atoms with van der Waals surface area (Å²) < 4.78 is 19.6. The Balaban J connectivity index is 1.47. The second-order valence-corrected chi connectivity index (χ2v) is 9.06. The zero-order valence-electron chi connectivity index (χ0n) is 21.3. The number of piperazine rings is 1. The van der Waals surface area contributed by atoms with Crippen molar-refractivity contribution in [2.24, 2.45) is 0 Å². The van der Waals surface area contributed by atoms with Crippen LogP contribution < -0.4 is 15.0 Å². The van der Waals surface area contributed by atoms with E-state index in [1.54, 1.807) is 24.4 Å². The van der Waals surface area contributed by atoms with E-state index in [0.29, 0.717) is 28.6 Å². The number of nitrogens with one attached hydrogen (secondary N) is 1. The number of carbonyl (C=O) groups excluding carboxylic acids is 1. The van der Waals surface area contributed by atoms with Crippen molar-refractivity contribution >= 4 is 23.5 Å². The second-order valence-electron chi connectivity index (χ2n) is 9.06. The Kier molecular flexibility index (Phi) is 7.50. The van der Waals surface area contributed by atoms with Crippen molar-refractivity contribution in [1.29, 1.82) is 0 Å². The molecular formula is C28H28FN7O2. The van der Waals surface area contributed by atoms with E-state index >= 15 is 0 Å². The number of likely N-dealkylation sites (N-methyl/N-ethyl adjacent to an activating group) is 1. The predicted molar refractivity (Wildman–Crippen MR) is 143 cm³/mol. The molecular weight excluding hydrogens is 485 g/mol. The minimum absolute atomic E-state index is 0.0272. The summed E-state index contributed by atoms with van der Waals surface area (Å²) in [6.45, 7) is 3.20. The molecule has 0 aliphatic carbocycles. The van der Waals surface area contributed by atoms with E-state index in [2.05, 4.69) is 42.1 Å². The second kappa shape index (κ2) is 11.3. The van der Waals surface area contributed by atoms with Crippen LogP contribution in [0.1, 0.15) is 15.9 Å². The van der Waals surface area contributed by atoms with Gasteiger partial charge in [-0.15, -0.1) is 0 Å². The summed E-state index contributed by atoms with van der Waals surface area (Å²) >= 11 is 0. The van der Waals surface area contributed by atoms with Gasteiger partial charge in [-0.25, -0.2) is 9.37 Å². The van der Waals surface area contributed by atoms with Crippen LogP contribution in [0.3, 0.4) is 0 Å². The molecule has 1 fully saturated rings. The fraction of sp³-hybridized carbons (Fsp3) is 0.250. The van der Waals surface area contributed by atoms with Gasteiger partial charge in [0.1, 0.15) is 17.4 Å². The van der Waals surface area contributed by atoms with Crippen LogP contribution in [0.5, 0.6) is 5.75 Å². The van der Waals surface area contributed by atoms with Crippen molar-refractivity contribution in [2.75, 3.05) is 50.6 Å². The van der Waals surface area contributed by atoms with Gasteiger partial charge in [0, 0.05) is 44.4 Å². The molecule has 3 heterocycles. The number of methoxy groups -OCH3 is 1. The largest absolute Gasteiger partial charge is 0.496 e. The lowest BCUT2D eigenvalue weighted by Crippen LogP contribution is -2.45. The number of anilines is 3. The molecule has 0 saturated carbocycles. The summed E-state index contributed by atoms with van der Waals surface area (Å²) in [5.41, 5.74) is 1.87. The van der Waals surface area contributed by atoms with E-state index in [-0.39, 0.29) is 24.0 Å². The number of nitrogens with zero attached hydrogens (tertiary/aromatic N) is 6. The minimum Gasteiger partial charge on any atom is -0.496 e. The summed E-state index contributed by atoms with van der Waals surface area (Å²) in [5.74, 6) is 1.37. The number of ketones is 1. The molecule has 9 nitrogen and oxygen atoms in total. The van der Waals surface area contributed by atoms with Gasteiger partial charge in [-0.1, -0.05) is 30.3 Å². The lowest BCUT2D eigenvalue weighted by atomic mass is 10.0. The van der Waals surface area contributed by atoms with Gasteiger partial charge in [0.15, 0.2) is 11.6 Å². The number of hydrogen-bond donors (Lipinski definition) is 1. The first-order chi connectivity index (χ1) is 18.5. The Morgan fingerprint density at radius 1 is 1.00 bits per heavy atom. The first-order valence-corrected chi connectivity index (χ1v) is 12.3. The highest BCUT2D eigenvalue weighted by Gasteiger charge is 2.21. The maximum absolute atomic E-state index is 14.2. The number of benzene rings is 2. The number of halogens is 1. The van der Waals surface area contributed by atoms with Crippen molar-refractivity contribution in [3.8, 4) is 17.1 Å². The molecule has 2 aromatic heterocycles. The summed E-state index contributed by atoms with van der Waals surface area (Å²) in [6.07, 6.45) is 1.85. The predicted octanol–water partition coefficient (Wildman–Crippen LogP) is 4.00. The van der Waals surface area contributed by atoms with Gasteiger partial charge in [0.05, 0.1) is 12.7 Å². The van der Waals surface area contributed by atoms with Crippen LogP contribution in [-0.4, -0.2) is 71.0 Å². The molecule has 0 atom stereocenters. The first-order valence-electron chi connectivity index (χ1n) is 12.3. The summed E-state index contributed by atoms with van der Waals surface area (Å²) in [6, 6.07) is 17.1. The summed E-state index contributed by atoms with van der Waals surface area (Å²) in [7, 11) is 3.58. The Bertz CT molecular complexity index is 1430. The molecule has 0 bridgehead atoms. The first kappa shape index (κ1) is 25.2. The average Bonchev–Trinajstić information content (AvgIpc) is 2.94. The molecule has 194 valence electrons. The molecule has 0 unspecified atom stereocenters. The van der Waals surface area contributed by atoms with Crippen molar-refractivity contribution in [3.05, 3.63) is 83.8 Å². The molecule has 10 heteroatoms. The molecule has 0 amide bonds. The Morgan fingerprint density at radius 3 is 2.55 bits per heavy atom. The molecule has 38 heavy (non-hydrogen) atoms. The van der Waals surface area contributed by atoms with Crippen LogP contribution in [-0.2, 0) is 6.42 Å². The molecule has 1 N–H and O–H groups in total. The van der Waals surface area contributed by atoms with Crippen LogP contribution in [0.2, 0.25) is 0 Å². The molecule has 1 aliphatic heterocycles. The van der Waals surface area contributed by atoms with E-state index in [1.165, 1.54) is 19.2 Å². The molecule has 1 aliphatic rings. The maximum Gasteiger partial charge on any atom is 0.233 e. The third-order valence-electron chi connectivity index (χ3n) is 6.34. The minimum atomic E-state index is -0.428. The third kappa shape index (κ3) is 5.92. The SMILES string of the molecule is COc1ccc(F)cc1-c1nc(Nc2cc(C(=O)Cc3ccccc3)ccn2)nc(N2CCN(C)CC2)n1. The number of ether oxygens (including phenoxy) is 1. The van der Waals surface area contributed by atoms with Crippen molar-refractivity contribution in [2.45, 2.75) is 6.42 Å². The number of hydrogen-bond acceptors (Lipinski definition) is 9. The number of pyridine rings is 1. The monoisotopic (exact) mass is 513 g/mol. The molecule has 1 saturated heterocycles. The fourth-order valence-corrected chi connectivity index (χ4v) is 4.21. The van der Waals surface area contributed by atoms with Crippen LogP contribution in [0, 0.1) is 5.82 Å². The Labute approximate surface area is 220 Å². The zero-order chi connectivity index (χ0) is 26.5. The molecule has 0 radical (unpaired) electrons. The summed E-state index contributed by atoms with van der Waals surface area (Å²) in [5, 5.41) is 3.12. The van der Waals surface area contributed by atoms with Gasteiger partial charge in [0.2, 0.25) is 11.9 Å². The zero-order valence-corrected chi connectivity index (χ0v) is 21.3. The number of carbonyl (C=O) groups is 1. The normalized spacial score (nSPS) is 13.8. The molecule has 2 aromatic carbocycles. The van der Waals surface area contributed by atoms with Crippen molar-refractivity contribution in [1.82, 2.24) is 24.8 Å². The van der Waals surface area contributed by atoms with Crippen LogP contribution in [0.25, 0.3) is 11.4 Å². The van der Waals surface area contributed by atoms with Gasteiger partial charge in [-0.05, 0) is 42.9 Å². The van der Waals surface area contributed by atoms with E-state index in [4.69, 9.17) is 4.74 Å².